The molecular weight excluding hydrogens is 232 g/mol. The Bertz CT molecular complexity index is 523. The van der Waals surface area contributed by atoms with E-state index in [1.54, 1.807) is 14.2 Å². The lowest BCUT2D eigenvalue weighted by Crippen LogP contribution is -1.89. The van der Waals surface area contributed by atoms with Gasteiger partial charge in [-0.3, -0.25) is 0 Å². The summed E-state index contributed by atoms with van der Waals surface area (Å²) < 4.78 is 10.6. The first kappa shape index (κ1) is 11.9. The van der Waals surface area contributed by atoms with Gasteiger partial charge in [0.2, 0.25) is 0 Å². The summed E-state index contributed by atoms with van der Waals surface area (Å²) in [7, 11) is 3.32. The van der Waals surface area contributed by atoms with Crippen molar-refractivity contribution in [2.24, 2.45) is 0 Å². The molecule has 2 aromatic rings. The normalized spacial score (nSPS) is 10.1. The van der Waals surface area contributed by atoms with Gasteiger partial charge in [0.15, 0.2) is 0 Å². The summed E-state index contributed by atoms with van der Waals surface area (Å²) >= 11 is 4.35. The topological polar surface area (TPSA) is 18.5 Å². The Morgan fingerprint density at radius 1 is 0.941 bits per heavy atom. The second-order valence-corrected chi connectivity index (χ2v) is 4.13. The van der Waals surface area contributed by atoms with Gasteiger partial charge in [-0.1, -0.05) is 12.1 Å². The highest BCUT2D eigenvalue weighted by molar-refractivity contribution is 7.80. The molecule has 0 saturated carbocycles. The van der Waals surface area contributed by atoms with Crippen molar-refractivity contribution in [3.63, 3.8) is 0 Å². The Hall–Kier alpha value is -1.61. The second kappa shape index (κ2) is 5.15. The smallest absolute Gasteiger partial charge is 0.126 e. The van der Waals surface area contributed by atoms with Crippen molar-refractivity contribution in [3.8, 4) is 22.6 Å². The Morgan fingerprint density at radius 3 is 2.47 bits per heavy atom. The zero-order valence-electron chi connectivity index (χ0n) is 9.81. The van der Waals surface area contributed by atoms with E-state index in [2.05, 4.69) is 12.6 Å². The summed E-state index contributed by atoms with van der Waals surface area (Å²) in [4.78, 5) is 0.906. The SMILES string of the molecule is COc1cccc(-c2cc(S)ccc2OC)c1. The molecule has 0 amide bonds. The van der Waals surface area contributed by atoms with Crippen LogP contribution in [0.25, 0.3) is 11.1 Å². The lowest BCUT2D eigenvalue weighted by atomic mass is 10.0. The molecule has 0 aromatic heterocycles. The predicted molar refractivity (Wildman–Crippen MR) is 72.2 cm³/mol. The number of rotatable bonds is 3. The van der Waals surface area contributed by atoms with E-state index in [4.69, 9.17) is 9.47 Å². The van der Waals surface area contributed by atoms with Crippen molar-refractivity contribution >= 4 is 12.6 Å². The second-order valence-electron chi connectivity index (χ2n) is 3.62. The van der Waals surface area contributed by atoms with E-state index in [0.717, 1.165) is 27.5 Å². The molecule has 17 heavy (non-hydrogen) atoms. The lowest BCUT2D eigenvalue weighted by Gasteiger charge is -2.10. The van der Waals surface area contributed by atoms with Gasteiger partial charge in [0.1, 0.15) is 11.5 Å². The zero-order chi connectivity index (χ0) is 12.3. The summed E-state index contributed by atoms with van der Waals surface area (Å²) in [5.41, 5.74) is 2.07. The summed E-state index contributed by atoms with van der Waals surface area (Å²) in [6.45, 7) is 0. The summed E-state index contributed by atoms with van der Waals surface area (Å²) in [5.74, 6) is 1.66. The van der Waals surface area contributed by atoms with Crippen LogP contribution in [0.2, 0.25) is 0 Å². The fourth-order valence-corrected chi connectivity index (χ4v) is 1.92. The summed E-state index contributed by atoms with van der Waals surface area (Å²) in [5, 5.41) is 0. The Kier molecular flexibility index (Phi) is 3.59. The molecule has 3 heteroatoms. The number of thiol groups is 1. The van der Waals surface area contributed by atoms with Crippen LogP contribution in [0, 0.1) is 0 Å². The van der Waals surface area contributed by atoms with Crippen LogP contribution in [0.4, 0.5) is 0 Å². The number of hydrogen-bond acceptors (Lipinski definition) is 3. The number of hydrogen-bond donors (Lipinski definition) is 1. The molecule has 0 aliphatic heterocycles. The molecule has 0 bridgehead atoms. The van der Waals surface area contributed by atoms with E-state index >= 15 is 0 Å². The minimum Gasteiger partial charge on any atom is -0.497 e. The van der Waals surface area contributed by atoms with E-state index in [1.807, 2.05) is 42.5 Å². The van der Waals surface area contributed by atoms with Crippen LogP contribution in [-0.2, 0) is 0 Å². The van der Waals surface area contributed by atoms with Gasteiger partial charge in [-0.05, 0) is 35.9 Å². The maximum atomic E-state index is 5.35. The van der Waals surface area contributed by atoms with Crippen LogP contribution in [0.15, 0.2) is 47.4 Å². The average molecular weight is 246 g/mol. The Morgan fingerprint density at radius 2 is 1.76 bits per heavy atom. The van der Waals surface area contributed by atoms with Gasteiger partial charge in [0.05, 0.1) is 14.2 Å². The fraction of sp³-hybridized carbons (Fsp3) is 0.143. The molecule has 0 unspecified atom stereocenters. The van der Waals surface area contributed by atoms with Crippen LogP contribution in [0.5, 0.6) is 11.5 Å². The molecular formula is C14H14O2S. The van der Waals surface area contributed by atoms with Crippen molar-refractivity contribution in [2.75, 3.05) is 14.2 Å². The van der Waals surface area contributed by atoms with E-state index in [-0.39, 0.29) is 0 Å². The molecule has 0 heterocycles. The fourth-order valence-electron chi connectivity index (χ4n) is 1.71. The highest BCUT2D eigenvalue weighted by atomic mass is 32.1. The first-order valence-electron chi connectivity index (χ1n) is 5.26. The first-order valence-corrected chi connectivity index (χ1v) is 5.70. The minimum atomic E-state index is 0.828. The number of benzene rings is 2. The first-order chi connectivity index (χ1) is 8.24. The van der Waals surface area contributed by atoms with Gasteiger partial charge in [0, 0.05) is 10.5 Å². The van der Waals surface area contributed by atoms with E-state index in [0.29, 0.717) is 0 Å². The standard InChI is InChI=1S/C14H14O2S/c1-15-11-5-3-4-10(8-11)13-9-12(17)6-7-14(13)16-2/h3-9,17H,1-2H3. The van der Waals surface area contributed by atoms with Crippen LogP contribution in [0.3, 0.4) is 0 Å². The largest absolute Gasteiger partial charge is 0.497 e. The third-order valence-electron chi connectivity index (χ3n) is 2.56. The van der Waals surface area contributed by atoms with E-state index in [9.17, 15) is 0 Å². The van der Waals surface area contributed by atoms with Crippen molar-refractivity contribution in [1.29, 1.82) is 0 Å². The maximum absolute atomic E-state index is 5.35. The summed E-state index contributed by atoms with van der Waals surface area (Å²) in [6.07, 6.45) is 0. The van der Waals surface area contributed by atoms with Gasteiger partial charge in [-0.15, -0.1) is 12.6 Å². The minimum absolute atomic E-state index is 0.828. The molecule has 0 atom stereocenters. The molecule has 88 valence electrons. The highest BCUT2D eigenvalue weighted by Crippen LogP contribution is 2.33. The lowest BCUT2D eigenvalue weighted by molar-refractivity contribution is 0.413. The molecule has 0 aliphatic carbocycles. The highest BCUT2D eigenvalue weighted by Gasteiger charge is 2.06. The van der Waals surface area contributed by atoms with Gasteiger partial charge < -0.3 is 9.47 Å². The third kappa shape index (κ3) is 2.56. The molecule has 0 radical (unpaired) electrons. The van der Waals surface area contributed by atoms with Crippen molar-refractivity contribution < 1.29 is 9.47 Å². The number of ether oxygens (including phenoxy) is 2. The van der Waals surface area contributed by atoms with Gasteiger partial charge in [-0.2, -0.15) is 0 Å². The van der Waals surface area contributed by atoms with Gasteiger partial charge >= 0.3 is 0 Å². The van der Waals surface area contributed by atoms with Crippen molar-refractivity contribution in [1.82, 2.24) is 0 Å². The molecule has 2 aromatic carbocycles. The van der Waals surface area contributed by atoms with Crippen LogP contribution >= 0.6 is 12.6 Å². The van der Waals surface area contributed by atoms with Crippen molar-refractivity contribution in [2.45, 2.75) is 4.90 Å². The van der Waals surface area contributed by atoms with Gasteiger partial charge in [0.25, 0.3) is 0 Å². The van der Waals surface area contributed by atoms with E-state index < -0.39 is 0 Å². The molecule has 0 aliphatic rings. The van der Waals surface area contributed by atoms with Crippen LogP contribution in [-0.4, -0.2) is 14.2 Å². The maximum Gasteiger partial charge on any atom is 0.126 e. The van der Waals surface area contributed by atoms with Crippen LogP contribution < -0.4 is 9.47 Å². The summed E-state index contributed by atoms with van der Waals surface area (Å²) in [6, 6.07) is 13.7. The quantitative estimate of drug-likeness (QED) is 0.833. The molecule has 0 saturated heterocycles. The average Bonchev–Trinajstić information content (AvgIpc) is 2.39. The third-order valence-corrected chi connectivity index (χ3v) is 2.84. The Labute approximate surface area is 107 Å². The zero-order valence-corrected chi connectivity index (χ0v) is 10.7. The molecule has 2 rings (SSSR count). The molecule has 0 N–H and O–H groups in total. The number of methoxy groups -OCH3 is 2. The van der Waals surface area contributed by atoms with Gasteiger partial charge in [-0.25, -0.2) is 0 Å². The molecule has 2 nitrogen and oxygen atoms in total. The molecule has 0 fully saturated rings. The molecule has 0 spiro atoms. The van der Waals surface area contributed by atoms with E-state index in [1.165, 1.54) is 0 Å². The predicted octanol–water partition coefficient (Wildman–Crippen LogP) is 3.66. The monoisotopic (exact) mass is 246 g/mol. The van der Waals surface area contributed by atoms with Crippen molar-refractivity contribution in [3.05, 3.63) is 42.5 Å². The van der Waals surface area contributed by atoms with Crippen LogP contribution in [0.1, 0.15) is 0 Å². The Balaban J connectivity index is 2.54.